The van der Waals surface area contributed by atoms with Crippen molar-refractivity contribution in [1.82, 2.24) is 5.32 Å². The third-order valence-electron chi connectivity index (χ3n) is 4.29. The highest BCUT2D eigenvalue weighted by Crippen LogP contribution is 2.27. The molecule has 1 aliphatic rings. The number of hydrogen-bond donors (Lipinski definition) is 2. The third-order valence-corrected chi connectivity index (χ3v) is 4.29. The molecule has 0 spiro atoms. The summed E-state index contributed by atoms with van der Waals surface area (Å²) in [7, 11) is 3.33. The van der Waals surface area contributed by atoms with Crippen LogP contribution in [0.5, 0.6) is 11.5 Å². The van der Waals surface area contributed by atoms with Crippen LogP contribution in [0.4, 0.5) is 0 Å². The zero-order valence-corrected chi connectivity index (χ0v) is 13.2. The second-order valence-corrected chi connectivity index (χ2v) is 5.92. The van der Waals surface area contributed by atoms with Gasteiger partial charge in [-0.3, -0.25) is 0 Å². The van der Waals surface area contributed by atoms with Gasteiger partial charge in [0, 0.05) is 18.7 Å². The third kappa shape index (κ3) is 4.61. The summed E-state index contributed by atoms with van der Waals surface area (Å²) in [5, 5.41) is 14.0. The molecular weight excluding hydrogens is 266 g/mol. The summed E-state index contributed by atoms with van der Waals surface area (Å²) in [6.07, 6.45) is 6.53. The molecule has 1 aromatic carbocycles. The zero-order valence-electron chi connectivity index (χ0n) is 13.2. The fourth-order valence-electron chi connectivity index (χ4n) is 3.01. The van der Waals surface area contributed by atoms with Gasteiger partial charge in [0.15, 0.2) is 0 Å². The molecule has 1 aliphatic carbocycles. The highest BCUT2D eigenvalue weighted by molar-refractivity contribution is 5.40. The van der Waals surface area contributed by atoms with E-state index in [1.165, 1.54) is 12.8 Å². The van der Waals surface area contributed by atoms with E-state index in [1.807, 2.05) is 18.2 Å². The van der Waals surface area contributed by atoms with Crippen LogP contribution in [0.2, 0.25) is 0 Å². The molecular formula is C17H27NO3. The summed E-state index contributed by atoms with van der Waals surface area (Å²) in [5.41, 5.74) is 0.497. The first-order chi connectivity index (χ1) is 10.2. The van der Waals surface area contributed by atoms with Crippen LogP contribution >= 0.6 is 0 Å². The standard InChI is InChI=1S/C17H27NO3/c1-20-15-7-8-16(21-2)14(11-15)12-18-13-17(19)9-5-3-4-6-10-17/h7-8,11,18-19H,3-6,9-10,12-13H2,1-2H3. The predicted molar refractivity (Wildman–Crippen MR) is 83.9 cm³/mol. The zero-order chi connectivity index (χ0) is 15.1. The largest absolute Gasteiger partial charge is 0.497 e. The monoisotopic (exact) mass is 293 g/mol. The molecule has 118 valence electrons. The molecule has 2 rings (SSSR count). The number of aliphatic hydroxyl groups is 1. The van der Waals surface area contributed by atoms with Gasteiger partial charge in [-0.15, -0.1) is 0 Å². The lowest BCUT2D eigenvalue weighted by atomic mass is 9.94. The highest BCUT2D eigenvalue weighted by Gasteiger charge is 2.27. The van der Waals surface area contributed by atoms with E-state index < -0.39 is 5.60 Å². The Labute approximate surface area is 127 Å². The lowest BCUT2D eigenvalue weighted by molar-refractivity contribution is 0.0250. The van der Waals surface area contributed by atoms with Gasteiger partial charge in [-0.2, -0.15) is 0 Å². The summed E-state index contributed by atoms with van der Waals surface area (Å²) < 4.78 is 10.6. The minimum absolute atomic E-state index is 0.553. The van der Waals surface area contributed by atoms with Gasteiger partial charge in [0.25, 0.3) is 0 Å². The maximum absolute atomic E-state index is 10.6. The van der Waals surface area contributed by atoms with Crippen molar-refractivity contribution in [3.63, 3.8) is 0 Å². The van der Waals surface area contributed by atoms with Crippen molar-refractivity contribution in [3.05, 3.63) is 23.8 Å². The Hall–Kier alpha value is -1.26. The smallest absolute Gasteiger partial charge is 0.123 e. The average Bonchev–Trinajstić information content (AvgIpc) is 2.72. The van der Waals surface area contributed by atoms with E-state index in [4.69, 9.17) is 9.47 Å². The van der Waals surface area contributed by atoms with Crippen molar-refractivity contribution >= 4 is 0 Å². The van der Waals surface area contributed by atoms with Gasteiger partial charge in [-0.1, -0.05) is 25.7 Å². The fraction of sp³-hybridized carbons (Fsp3) is 0.647. The van der Waals surface area contributed by atoms with Crippen molar-refractivity contribution < 1.29 is 14.6 Å². The Kier molecular flexibility index (Phi) is 5.88. The second kappa shape index (κ2) is 7.66. The Bertz CT molecular complexity index is 440. The fourth-order valence-corrected chi connectivity index (χ4v) is 3.01. The van der Waals surface area contributed by atoms with Gasteiger partial charge in [0.05, 0.1) is 19.8 Å². The lowest BCUT2D eigenvalue weighted by Gasteiger charge is -2.27. The van der Waals surface area contributed by atoms with Gasteiger partial charge in [0.2, 0.25) is 0 Å². The van der Waals surface area contributed by atoms with Gasteiger partial charge in [0.1, 0.15) is 11.5 Å². The molecule has 1 saturated carbocycles. The maximum atomic E-state index is 10.6. The average molecular weight is 293 g/mol. The van der Waals surface area contributed by atoms with Crippen LogP contribution in [0, 0.1) is 0 Å². The predicted octanol–water partition coefficient (Wildman–Crippen LogP) is 2.88. The number of methoxy groups -OCH3 is 2. The maximum Gasteiger partial charge on any atom is 0.123 e. The summed E-state index contributed by atoms with van der Waals surface area (Å²) in [4.78, 5) is 0. The first-order valence-electron chi connectivity index (χ1n) is 7.81. The molecule has 0 saturated heterocycles. The molecule has 0 amide bonds. The summed E-state index contributed by atoms with van der Waals surface area (Å²) in [6, 6.07) is 5.78. The van der Waals surface area contributed by atoms with E-state index in [1.54, 1.807) is 14.2 Å². The van der Waals surface area contributed by atoms with Crippen molar-refractivity contribution in [3.8, 4) is 11.5 Å². The molecule has 0 unspecified atom stereocenters. The second-order valence-electron chi connectivity index (χ2n) is 5.92. The number of benzene rings is 1. The number of rotatable bonds is 6. The van der Waals surface area contributed by atoms with Crippen LogP contribution in [-0.2, 0) is 6.54 Å². The molecule has 0 aliphatic heterocycles. The van der Waals surface area contributed by atoms with E-state index in [-0.39, 0.29) is 0 Å². The van der Waals surface area contributed by atoms with Crippen LogP contribution < -0.4 is 14.8 Å². The minimum atomic E-state index is -0.553. The molecule has 0 atom stereocenters. The Morgan fingerprint density at radius 2 is 1.81 bits per heavy atom. The quantitative estimate of drug-likeness (QED) is 0.792. The van der Waals surface area contributed by atoms with Gasteiger partial charge in [-0.25, -0.2) is 0 Å². The number of hydrogen-bond acceptors (Lipinski definition) is 4. The Morgan fingerprint density at radius 1 is 1.10 bits per heavy atom. The van der Waals surface area contributed by atoms with E-state index in [2.05, 4.69) is 5.32 Å². The topological polar surface area (TPSA) is 50.7 Å². The van der Waals surface area contributed by atoms with Crippen LogP contribution in [0.1, 0.15) is 44.1 Å². The van der Waals surface area contributed by atoms with Crippen molar-refractivity contribution in [2.24, 2.45) is 0 Å². The van der Waals surface area contributed by atoms with Crippen molar-refractivity contribution in [2.45, 2.75) is 50.7 Å². The van der Waals surface area contributed by atoms with E-state index >= 15 is 0 Å². The molecule has 21 heavy (non-hydrogen) atoms. The SMILES string of the molecule is COc1ccc(OC)c(CNCC2(O)CCCCCC2)c1. The van der Waals surface area contributed by atoms with Crippen LogP contribution in [0.3, 0.4) is 0 Å². The molecule has 4 heteroatoms. The van der Waals surface area contributed by atoms with E-state index in [9.17, 15) is 5.11 Å². The molecule has 0 radical (unpaired) electrons. The van der Waals surface area contributed by atoms with Gasteiger partial charge in [-0.05, 0) is 31.0 Å². The molecule has 0 bridgehead atoms. The summed E-state index contributed by atoms with van der Waals surface area (Å²) >= 11 is 0. The molecule has 1 aromatic rings. The van der Waals surface area contributed by atoms with Crippen molar-refractivity contribution in [1.29, 1.82) is 0 Å². The first-order valence-corrected chi connectivity index (χ1v) is 7.81. The Morgan fingerprint density at radius 3 is 2.43 bits per heavy atom. The minimum Gasteiger partial charge on any atom is -0.497 e. The molecule has 4 nitrogen and oxygen atoms in total. The molecule has 2 N–H and O–H groups in total. The Balaban J connectivity index is 1.93. The first kappa shape index (κ1) is 16.1. The highest BCUT2D eigenvalue weighted by atomic mass is 16.5. The van der Waals surface area contributed by atoms with Gasteiger partial charge >= 0.3 is 0 Å². The van der Waals surface area contributed by atoms with Gasteiger partial charge < -0.3 is 19.9 Å². The number of nitrogens with one attached hydrogen (secondary N) is 1. The molecule has 1 fully saturated rings. The number of ether oxygens (including phenoxy) is 2. The summed E-state index contributed by atoms with van der Waals surface area (Å²) in [6.45, 7) is 1.30. The van der Waals surface area contributed by atoms with Crippen LogP contribution in [0.15, 0.2) is 18.2 Å². The summed E-state index contributed by atoms with van der Waals surface area (Å²) in [5.74, 6) is 1.66. The molecule has 0 aromatic heterocycles. The van der Waals surface area contributed by atoms with Crippen molar-refractivity contribution in [2.75, 3.05) is 20.8 Å². The molecule has 0 heterocycles. The van der Waals surface area contributed by atoms with Crippen LogP contribution in [-0.4, -0.2) is 31.5 Å². The normalized spacial score (nSPS) is 18.0. The van der Waals surface area contributed by atoms with Crippen LogP contribution in [0.25, 0.3) is 0 Å². The van der Waals surface area contributed by atoms with E-state index in [0.717, 1.165) is 42.7 Å². The van der Waals surface area contributed by atoms with E-state index in [0.29, 0.717) is 13.1 Å². The lowest BCUT2D eigenvalue weighted by Crippen LogP contribution is -2.39.